The first-order chi connectivity index (χ1) is 13.8. The zero-order valence-electron chi connectivity index (χ0n) is 16.2. The second-order valence-electron chi connectivity index (χ2n) is 6.75. The minimum Gasteiger partial charge on any atom is -0.347 e. The van der Waals surface area contributed by atoms with Gasteiger partial charge in [0.15, 0.2) is 0 Å². The van der Waals surface area contributed by atoms with E-state index in [0.29, 0.717) is 16.6 Å². The van der Waals surface area contributed by atoms with Gasteiger partial charge in [0.25, 0.3) is 5.56 Å². The Morgan fingerprint density at radius 3 is 2.66 bits per heavy atom. The molecule has 0 aliphatic carbocycles. The van der Waals surface area contributed by atoms with Gasteiger partial charge in [0.1, 0.15) is 0 Å². The smallest absolute Gasteiger partial charge is 0.261 e. The van der Waals surface area contributed by atoms with Gasteiger partial charge in [0, 0.05) is 23.1 Å². The van der Waals surface area contributed by atoms with Crippen LogP contribution >= 0.6 is 15.9 Å². The van der Waals surface area contributed by atoms with Crippen LogP contribution in [0.3, 0.4) is 0 Å². The monoisotopic (exact) mass is 456 g/mol. The minimum absolute atomic E-state index is 0.0729. The van der Waals surface area contributed by atoms with Crippen molar-refractivity contribution >= 4 is 44.3 Å². The Labute approximate surface area is 176 Å². The van der Waals surface area contributed by atoms with Gasteiger partial charge in [0.05, 0.1) is 23.8 Å². The first-order valence-corrected chi connectivity index (χ1v) is 9.92. The molecule has 0 aliphatic rings. The Bertz CT molecular complexity index is 1140. The number of carbonyl (C=O) groups is 2. The zero-order valence-corrected chi connectivity index (χ0v) is 17.7. The van der Waals surface area contributed by atoms with E-state index in [1.54, 1.807) is 12.1 Å². The third-order valence-corrected chi connectivity index (χ3v) is 5.04. The number of hydrogen-bond acceptors (Lipinski definition) is 4. The maximum atomic E-state index is 12.5. The van der Waals surface area contributed by atoms with Crippen LogP contribution in [-0.4, -0.2) is 27.9 Å². The number of amides is 2. The molecule has 150 valence electrons. The quantitative estimate of drug-likeness (QED) is 0.596. The minimum atomic E-state index is -0.316. The van der Waals surface area contributed by atoms with Gasteiger partial charge in [-0.15, -0.1) is 0 Å². The summed E-state index contributed by atoms with van der Waals surface area (Å²) < 4.78 is 2.34. The average molecular weight is 457 g/mol. The van der Waals surface area contributed by atoms with Crippen molar-refractivity contribution in [3.8, 4) is 0 Å². The molecule has 0 spiro atoms. The van der Waals surface area contributed by atoms with E-state index in [0.717, 1.165) is 15.6 Å². The van der Waals surface area contributed by atoms with Gasteiger partial charge in [-0.2, -0.15) is 0 Å². The number of aryl methyl sites for hydroxylation is 3. The molecule has 0 unspecified atom stereocenters. The molecule has 1 heterocycles. The van der Waals surface area contributed by atoms with Crippen LogP contribution < -0.4 is 16.2 Å². The molecule has 7 nitrogen and oxygen atoms in total. The molecule has 0 radical (unpaired) electrons. The number of aromatic nitrogens is 2. The zero-order chi connectivity index (χ0) is 21.0. The van der Waals surface area contributed by atoms with E-state index in [1.807, 2.05) is 38.1 Å². The molecular formula is C21H21BrN4O3. The molecule has 0 saturated heterocycles. The van der Waals surface area contributed by atoms with Gasteiger partial charge in [-0.3, -0.25) is 19.0 Å². The second kappa shape index (κ2) is 9.00. The Morgan fingerprint density at radius 1 is 1.10 bits per heavy atom. The summed E-state index contributed by atoms with van der Waals surface area (Å²) in [6.45, 7) is 3.83. The van der Waals surface area contributed by atoms with Crippen molar-refractivity contribution in [2.24, 2.45) is 0 Å². The predicted octanol–water partition coefficient (Wildman–Crippen LogP) is 2.92. The van der Waals surface area contributed by atoms with Gasteiger partial charge in [0.2, 0.25) is 11.8 Å². The van der Waals surface area contributed by atoms with E-state index in [1.165, 1.54) is 10.9 Å². The van der Waals surface area contributed by atoms with E-state index in [-0.39, 0.29) is 36.9 Å². The van der Waals surface area contributed by atoms with Crippen molar-refractivity contribution in [2.75, 3.05) is 11.9 Å². The number of nitrogens with zero attached hydrogens (tertiary/aromatic N) is 2. The molecule has 2 amide bonds. The summed E-state index contributed by atoms with van der Waals surface area (Å²) in [5, 5.41) is 5.86. The van der Waals surface area contributed by atoms with E-state index in [4.69, 9.17) is 0 Å². The molecule has 2 aromatic carbocycles. The molecule has 3 rings (SSSR count). The van der Waals surface area contributed by atoms with E-state index in [9.17, 15) is 14.4 Å². The van der Waals surface area contributed by atoms with Crippen molar-refractivity contribution in [1.82, 2.24) is 14.9 Å². The number of para-hydroxylation sites is 1. The van der Waals surface area contributed by atoms with Crippen LogP contribution in [0.25, 0.3) is 10.9 Å². The number of benzene rings is 2. The van der Waals surface area contributed by atoms with Crippen molar-refractivity contribution in [3.05, 3.63) is 68.7 Å². The molecule has 0 saturated carbocycles. The Balaban J connectivity index is 1.54. The lowest BCUT2D eigenvalue weighted by atomic mass is 10.1. The number of halogens is 1. The summed E-state index contributed by atoms with van der Waals surface area (Å²) in [7, 11) is 0. The first-order valence-electron chi connectivity index (χ1n) is 9.12. The Morgan fingerprint density at radius 2 is 1.90 bits per heavy atom. The molecule has 2 N–H and O–H groups in total. The van der Waals surface area contributed by atoms with Crippen LogP contribution in [0.1, 0.15) is 17.5 Å². The van der Waals surface area contributed by atoms with Crippen LogP contribution in [0, 0.1) is 13.8 Å². The molecule has 8 heteroatoms. The number of rotatable bonds is 6. The van der Waals surface area contributed by atoms with Gasteiger partial charge in [-0.25, -0.2) is 4.98 Å². The van der Waals surface area contributed by atoms with Crippen molar-refractivity contribution in [1.29, 1.82) is 0 Å². The van der Waals surface area contributed by atoms with Crippen molar-refractivity contribution < 1.29 is 9.59 Å². The maximum Gasteiger partial charge on any atom is 0.261 e. The number of carbonyl (C=O) groups excluding carboxylic acids is 2. The number of fused-ring (bicyclic) bond motifs is 1. The predicted molar refractivity (Wildman–Crippen MR) is 116 cm³/mol. The Kier molecular flexibility index (Phi) is 6.43. The van der Waals surface area contributed by atoms with Crippen LogP contribution in [-0.2, 0) is 16.1 Å². The van der Waals surface area contributed by atoms with Gasteiger partial charge in [-0.1, -0.05) is 28.1 Å². The van der Waals surface area contributed by atoms with Crippen LogP contribution in [0.5, 0.6) is 0 Å². The molecule has 3 aromatic rings. The number of anilines is 1. The summed E-state index contributed by atoms with van der Waals surface area (Å²) in [5.41, 5.74) is 3.01. The largest absolute Gasteiger partial charge is 0.347 e. The lowest BCUT2D eigenvalue weighted by Gasteiger charge is -2.10. The Hall–Kier alpha value is -3.00. The molecule has 29 heavy (non-hydrogen) atoms. The fourth-order valence-corrected chi connectivity index (χ4v) is 3.42. The molecule has 0 fully saturated rings. The molecule has 1 aromatic heterocycles. The SMILES string of the molecule is Cc1cc(Br)ccc1NC(=O)CNC(=O)CCn1cnc2c(C)cccc2c1=O. The van der Waals surface area contributed by atoms with Gasteiger partial charge >= 0.3 is 0 Å². The van der Waals surface area contributed by atoms with Gasteiger partial charge in [-0.05, 0) is 49.2 Å². The molecule has 0 bridgehead atoms. The van der Waals surface area contributed by atoms with E-state index >= 15 is 0 Å². The highest BCUT2D eigenvalue weighted by atomic mass is 79.9. The summed E-state index contributed by atoms with van der Waals surface area (Å²) >= 11 is 3.37. The van der Waals surface area contributed by atoms with Crippen LogP contribution in [0.2, 0.25) is 0 Å². The van der Waals surface area contributed by atoms with Gasteiger partial charge < -0.3 is 10.6 Å². The second-order valence-corrected chi connectivity index (χ2v) is 7.66. The summed E-state index contributed by atoms with van der Waals surface area (Å²) in [5.74, 6) is -0.632. The number of hydrogen-bond donors (Lipinski definition) is 2. The van der Waals surface area contributed by atoms with Crippen LogP contribution in [0.15, 0.2) is 52.0 Å². The molecular weight excluding hydrogens is 436 g/mol. The van der Waals surface area contributed by atoms with E-state index < -0.39 is 0 Å². The third-order valence-electron chi connectivity index (χ3n) is 4.54. The summed E-state index contributed by atoms with van der Waals surface area (Å²) in [4.78, 5) is 41.0. The lowest BCUT2D eigenvalue weighted by molar-refractivity contribution is -0.124. The number of nitrogens with one attached hydrogen (secondary N) is 2. The molecule has 0 aliphatic heterocycles. The van der Waals surface area contributed by atoms with Crippen LogP contribution in [0.4, 0.5) is 5.69 Å². The summed E-state index contributed by atoms with van der Waals surface area (Å²) in [6, 6.07) is 10.9. The highest BCUT2D eigenvalue weighted by Gasteiger charge is 2.10. The standard InChI is InChI=1S/C21H21BrN4O3/c1-13-4-3-5-16-20(13)24-12-26(21(16)29)9-8-18(27)23-11-19(28)25-17-7-6-15(22)10-14(17)2/h3-7,10,12H,8-9,11H2,1-2H3,(H,23,27)(H,25,28). The fourth-order valence-electron chi connectivity index (χ4n) is 2.95. The third kappa shape index (κ3) is 5.08. The topological polar surface area (TPSA) is 93.1 Å². The lowest BCUT2D eigenvalue weighted by Crippen LogP contribution is -2.34. The summed E-state index contributed by atoms with van der Waals surface area (Å²) in [6.07, 6.45) is 1.53. The van der Waals surface area contributed by atoms with Crippen molar-refractivity contribution in [3.63, 3.8) is 0 Å². The maximum absolute atomic E-state index is 12.5. The molecule has 0 atom stereocenters. The normalized spacial score (nSPS) is 10.7. The first kappa shape index (κ1) is 20.7. The van der Waals surface area contributed by atoms with Crippen molar-refractivity contribution in [2.45, 2.75) is 26.8 Å². The highest BCUT2D eigenvalue weighted by molar-refractivity contribution is 9.10. The van der Waals surface area contributed by atoms with E-state index in [2.05, 4.69) is 31.5 Å². The average Bonchev–Trinajstić information content (AvgIpc) is 2.68. The fraction of sp³-hybridized carbons (Fsp3) is 0.238. The highest BCUT2D eigenvalue weighted by Crippen LogP contribution is 2.19.